The predicted octanol–water partition coefficient (Wildman–Crippen LogP) is 1.99. The molecule has 2 amide bonds. The number of hydrogen-bond acceptors (Lipinski definition) is 6. The Morgan fingerprint density at radius 1 is 0.800 bits per heavy atom. The topological polar surface area (TPSA) is 96.5 Å². The van der Waals surface area contributed by atoms with Gasteiger partial charge in [-0.15, -0.1) is 0 Å². The van der Waals surface area contributed by atoms with Crippen LogP contribution in [-0.4, -0.2) is 86.3 Å². The van der Waals surface area contributed by atoms with Crippen molar-refractivity contribution < 1.29 is 27.5 Å². The van der Waals surface area contributed by atoms with Crippen molar-refractivity contribution in [2.24, 2.45) is 0 Å². The zero-order valence-corrected chi connectivity index (χ0v) is 20.3. The summed E-state index contributed by atoms with van der Waals surface area (Å²) in [5.41, 5.74) is 0.337. The molecule has 10 heteroatoms. The van der Waals surface area contributed by atoms with Crippen LogP contribution in [0.1, 0.15) is 29.6 Å². The number of piperidine rings is 1. The molecule has 0 aliphatic carbocycles. The number of nitrogens with zero attached hydrogens (tertiary/aromatic N) is 3. The summed E-state index contributed by atoms with van der Waals surface area (Å²) in [6.07, 6.45) is 2.02. The lowest BCUT2D eigenvalue weighted by molar-refractivity contribution is -0.142. The fraction of sp³-hybridized carbons (Fsp3) is 0.440. The molecule has 2 saturated heterocycles. The standard InChI is InChI=1S/C25H29N3O6S/c29-24(19-7-6-8-20(17-19)35(31,32)28-11-4-1-5-12-28)26-13-15-27(16-14-26)25(30)23-18-33-21-9-2-3-10-22(21)34-23/h2-3,6-10,17,23H,1,4-5,11-16,18H2/t23-/m1/s1. The largest absolute Gasteiger partial charge is 0.485 e. The van der Waals surface area contributed by atoms with Crippen LogP contribution in [0, 0.1) is 0 Å². The van der Waals surface area contributed by atoms with E-state index in [9.17, 15) is 18.0 Å². The number of carbonyl (C=O) groups is 2. The molecule has 5 rings (SSSR count). The van der Waals surface area contributed by atoms with Crippen molar-refractivity contribution in [3.63, 3.8) is 0 Å². The van der Waals surface area contributed by atoms with Gasteiger partial charge < -0.3 is 19.3 Å². The first-order valence-electron chi connectivity index (χ1n) is 12.0. The summed E-state index contributed by atoms with van der Waals surface area (Å²) in [7, 11) is -3.62. The molecule has 3 heterocycles. The quantitative estimate of drug-likeness (QED) is 0.638. The highest BCUT2D eigenvalue weighted by atomic mass is 32.2. The number of amides is 2. The minimum atomic E-state index is -3.62. The average Bonchev–Trinajstić information content (AvgIpc) is 2.92. The number of hydrogen-bond donors (Lipinski definition) is 0. The zero-order valence-electron chi connectivity index (χ0n) is 19.5. The molecule has 9 nitrogen and oxygen atoms in total. The molecule has 1 atom stereocenters. The van der Waals surface area contributed by atoms with Gasteiger partial charge >= 0.3 is 0 Å². The first-order chi connectivity index (χ1) is 16.9. The van der Waals surface area contributed by atoms with Crippen LogP contribution >= 0.6 is 0 Å². The van der Waals surface area contributed by atoms with Crippen LogP contribution in [0.3, 0.4) is 0 Å². The van der Waals surface area contributed by atoms with Crippen molar-refractivity contribution in [1.82, 2.24) is 14.1 Å². The molecule has 0 saturated carbocycles. The normalized spacial score (nSPS) is 21.0. The lowest BCUT2D eigenvalue weighted by atomic mass is 10.1. The van der Waals surface area contributed by atoms with Crippen LogP contribution < -0.4 is 9.47 Å². The van der Waals surface area contributed by atoms with Crippen LogP contribution in [0.15, 0.2) is 53.4 Å². The molecule has 0 aromatic heterocycles. The van der Waals surface area contributed by atoms with Crippen LogP contribution in [0.4, 0.5) is 0 Å². The second-order valence-corrected chi connectivity index (χ2v) is 10.9. The molecule has 2 fully saturated rings. The number of benzene rings is 2. The highest BCUT2D eigenvalue weighted by Gasteiger charge is 2.34. The van der Waals surface area contributed by atoms with E-state index in [0.717, 1.165) is 19.3 Å². The summed E-state index contributed by atoms with van der Waals surface area (Å²) >= 11 is 0. The molecule has 0 unspecified atom stereocenters. The third-order valence-corrected chi connectivity index (χ3v) is 8.59. The molecule has 3 aliphatic heterocycles. The molecule has 2 aromatic carbocycles. The predicted molar refractivity (Wildman–Crippen MR) is 128 cm³/mol. The van der Waals surface area contributed by atoms with Crippen molar-refractivity contribution in [3.8, 4) is 11.5 Å². The molecule has 0 N–H and O–H groups in total. The second kappa shape index (κ2) is 9.87. The first-order valence-corrected chi connectivity index (χ1v) is 13.4. The Hall–Kier alpha value is -3.11. The highest BCUT2D eigenvalue weighted by Crippen LogP contribution is 2.31. The highest BCUT2D eigenvalue weighted by molar-refractivity contribution is 7.89. The van der Waals surface area contributed by atoms with Crippen molar-refractivity contribution in [1.29, 1.82) is 0 Å². The third kappa shape index (κ3) is 4.85. The molecule has 0 spiro atoms. The van der Waals surface area contributed by atoms with E-state index in [2.05, 4.69) is 0 Å². The number of ether oxygens (including phenoxy) is 2. The van der Waals surface area contributed by atoms with Gasteiger partial charge in [-0.1, -0.05) is 24.6 Å². The Balaban J connectivity index is 1.20. The number of fused-ring (bicyclic) bond motifs is 1. The summed E-state index contributed by atoms with van der Waals surface area (Å²) < 4.78 is 39.0. The van der Waals surface area contributed by atoms with Gasteiger partial charge in [0.05, 0.1) is 4.90 Å². The Kier molecular flexibility index (Phi) is 6.66. The van der Waals surface area contributed by atoms with Gasteiger partial charge in [0.15, 0.2) is 11.5 Å². The Morgan fingerprint density at radius 3 is 2.23 bits per heavy atom. The SMILES string of the molecule is O=C(c1cccc(S(=O)(=O)N2CCCCC2)c1)N1CCN(C(=O)[C@H]2COc3ccccc3O2)CC1. The van der Waals surface area contributed by atoms with Gasteiger partial charge in [0.2, 0.25) is 16.1 Å². The van der Waals surface area contributed by atoms with E-state index in [1.807, 2.05) is 12.1 Å². The van der Waals surface area contributed by atoms with Crippen molar-refractivity contribution in [3.05, 3.63) is 54.1 Å². The Morgan fingerprint density at radius 2 is 1.49 bits per heavy atom. The van der Waals surface area contributed by atoms with Gasteiger partial charge in [0, 0.05) is 44.8 Å². The molecular weight excluding hydrogens is 470 g/mol. The Labute approximate surface area is 205 Å². The molecule has 35 heavy (non-hydrogen) atoms. The van der Waals surface area contributed by atoms with Crippen molar-refractivity contribution in [2.45, 2.75) is 30.3 Å². The molecule has 3 aliphatic rings. The van der Waals surface area contributed by atoms with Crippen LogP contribution in [0.25, 0.3) is 0 Å². The number of carbonyl (C=O) groups excluding carboxylic acids is 2. The molecule has 2 aromatic rings. The smallest absolute Gasteiger partial charge is 0.267 e. The van der Waals surface area contributed by atoms with Gasteiger partial charge in [0.1, 0.15) is 6.61 Å². The van der Waals surface area contributed by atoms with E-state index in [1.165, 1.54) is 10.4 Å². The fourth-order valence-corrected chi connectivity index (χ4v) is 6.26. The Bertz CT molecular complexity index is 1200. The van der Waals surface area contributed by atoms with E-state index in [4.69, 9.17) is 9.47 Å². The number of rotatable bonds is 4. The third-order valence-electron chi connectivity index (χ3n) is 6.70. The minimum Gasteiger partial charge on any atom is -0.485 e. The summed E-state index contributed by atoms with van der Waals surface area (Å²) in [6, 6.07) is 13.5. The monoisotopic (exact) mass is 499 g/mol. The molecule has 186 valence electrons. The van der Waals surface area contributed by atoms with Gasteiger partial charge in [-0.05, 0) is 43.2 Å². The fourth-order valence-electron chi connectivity index (χ4n) is 4.70. The van der Waals surface area contributed by atoms with Gasteiger partial charge in [0.25, 0.3) is 11.8 Å². The summed E-state index contributed by atoms with van der Waals surface area (Å²) in [4.78, 5) is 29.6. The van der Waals surface area contributed by atoms with E-state index in [-0.39, 0.29) is 23.3 Å². The van der Waals surface area contributed by atoms with Gasteiger partial charge in [-0.2, -0.15) is 4.31 Å². The van der Waals surface area contributed by atoms with E-state index >= 15 is 0 Å². The van der Waals surface area contributed by atoms with Crippen LogP contribution in [0.5, 0.6) is 11.5 Å². The van der Waals surface area contributed by atoms with Crippen LogP contribution in [0.2, 0.25) is 0 Å². The maximum atomic E-state index is 13.1. The summed E-state index contributed by atoms with van der Waals surface area (Å²) in [5.74, 6) is 0.766. The average molecular weight is 500 g/mol. The van der Waals surface area contributed by atoms with Crippen molar-refractivity contribution in [2.75, 3.05) is 45.9 Å². The molecule has 0 bridgehead atoms. The van der Waals surface area contributed by atoms with E-state index in [1.54, 1.807) is 40.1 Å². The lowest BCUT2D eigenvalue weighted by Gasteiger charge is -2.37. The number of sulfonamides is 1. The van der Waals surface area contributed by atoms with E-state index in [0.29, 0.717) is 56.3 Å². The van der Waals surface area contributed by atoms with Crippen LogP contribution in [-0.2, 0) is 14.8 Å². The summed E-state index contributed by atoms with van der Waals surface area (Å²) in [6.45, 7) is 2.63. The van der Waals surface area contributed by atoms with Crippen molar-refractivity contribution >= 4 is 21.8 Å². The number of piperazine rings is 1. The first kappa shape index (κ1) is 23.6. The lowest BCUT2D eigenvalue weighted by Crippen LogP contribution is -2.55. The maximum absolute atomic E-state index is 13.1. The van der Waals surface area contributed by atoms with Gasteiger partial charge in [-0.3, -0.25) is 9.59 Å². The molecular formula is C25H29N3O6S. The second-order valence-electron chi connectivity index (χ2n) is 8.97. The summed E-state index contributed by atoms with van der Waals surface area (Å²) in [5, 5.41) is 0. The van der Waals surface area contributed by atoms with Gasteiger partial charge in [-0.25, -0.2) is 8.42 Å². The maximum Gasteiger partial charge on any atom is 0.267 e. The van der Waals surface area contributed by atoms with E-state index < -0.39 is 16.1 Å². The zero-order chi connectivity index (χ0) is 24.4. The number of para-hydroxylation sites is 2. The minimum absolute atomic E-state index is 0.146. The molecule has 0 radical (unpaired) electrons.